The van der Waals surface area contributed by atoms with E-state index in [4.69, 9.17) is 0 Å². The first-order valence-electron chi connectivity index (χ1n) is 7.65. The SMILES string of the molecule is CCCC1NCCn2c(-c3cc4c(s3)CCC4)nnc21. The van der Waals surface area contributed by atoms with Crippen LogP contribution in [0.3, 0.4) is 0 Å². The minimum atomic E-state index is 0.377. The molecular weight excluding hydrogens is 268 g/mol. The van der Waals surface area contributed by atoms with Crippen LogP contribution in [0.5, 0.6) is 0 Å². The van der Waals surface area contributed by atoms with Gasteiger partial charge in [-0.2, -0.15) is 0 Å². The predicted molar refractivity (Wildman–Crippen MR) is 81.0 cm³/mol. The number of nitrogens with one attached hydrogen (secondary N) is 1. The first-order valence-corrected chi connectivity index (χ1v) is 8.47. The van der Waals surface area contributed by atoms with Crippen molar-refractivity contribution in [3.05, 3.63) is 22.3 Å². The second-order valence-electron chi connectivity index (χ2n) is 5.74. The van der Waals surface area contributed by atoms with Crippen molar-refractivity contribution >= 4 is 11.3 Å². The van der Waals surface area contributed by atoms with Gasteiger partial charge in [0.25, 0.3) is 0 Å². The Hall–Kier alpha value is -1.20. The van der Waals surface area contributed by atoms with E-state index in [1.807, 2.05) is 11.3 Å². The first kappa shape index (κ1) is 12.5. The maximum absolute atomic E-state index is 4.50. The molecule has 3 heterocycles. The monoisotopic (exact) mass is 288 g/mol. The molecule has 0 saturated carbocycles. The van der Waals surface area contributed by atoms with E-state index >= 15 is 0 Å². The van der Waals surface area contributed by atoms with Crippen molar-refractivity contribution in [1.29, 1.82) is 0 Å². The first-order chi connectivity index (χ1) is 9.86. The molecule has 4 rings (SSSR count). The summed E-state index contributed by atoms with van der Waals surface area (Å²) in [6, 6.07) is 2.73. The lowest BCUT2D eigenvalue weighted by atomic mass is 10.1. The molecular formula is C15H20N4S. The van der Waals surface area contributed by atoms with Gasteiger partial charge in [0.2, 0.25) is 0 Å². The Labute approximate surface area is 123 Å². The lowest BCUT2D eigenvalue weighted by Crippen LogP contribution is -2.33. The number of nitrogens with zero attached hydrogens (tertiary/aromatic N) is 3. The largest absolute Gasteiger partial charge is 0.308 e. The molecule has 0 spiro atoms. The molecule has 2 aliphatic rings. The molecule has 5 heteroatoms. The number of fused-ring (bicyclic) bond motifs is 2. The molecule has 1 aliphatic carbocycles. The smallest absolute Gasteiger partial charge is 0.174 e. The average molecular weight is 288 g/mol. The van der Waals surface area contributed by atoms with Crippen LogP contribution in [0.15, 0.2) is 6.07 Å². The van der Waals surface area contributed by atoms with Gasteiger partial charge in [0.15, 0.2) is 11.6 Å². The minimum Gasteiger partial charge on any atom is -0.308 e. The van der Waals surface area contributed by atoms with Crippen LogP contribution in [0.1, 0.15) is 48.5 Å². The molecule has 1 atom stereocenters. The third-order valence-electron chi connectivity index (χ3n) is 4.36. The van der Waals surface area contributed by atoms with Gasteiger partial charge in [0.1, 0.15) is 0 Å². The number of rotatable bonds is 3. The molecule has 2 aromatic heterocycles. The van der Waals surface area contributed by atoms with Gasteiger partial charge in [-0.3, -0.25) is 0 Å². The average Bonchev–Trinajstić information content (AvgIpc) is 3.11. The molecule has 4 nitrogen and oxygen atoms in total. The van der Waals surface area contributed by atoms with Crippen molar-refractivity contribution in [3.63, 3.8) is 0 Å². The highest BCUT2D eigenvalue weighted by atomic mass is 32.1. The molecule has 0 saturated heterocycles. The van der Waals surface area contributed by atoms with Gasteiger partial charge in [0, 0.05) is 18.0 Å². The van der Waals surface area contributed by atoms with E-state index < -0.39 is 0 Å². The Morgan fingerprint density at radius 2 is 2.35 bits per heavy atom. The fraction of sp³-hybridized carbons (Fsp3) is 0.600. The molecule has 1 aliphatic heterocycles. The van der Waals surface area contributed by atoms with Crippen LogP contribution in [0.25, 0.3) is 10.7 Å². The molecule has 0 fully saturated rings. The van der Waals surface area contributed by atoms with Crippen LogP contribution in [0.2, 0.25) is 0 Å². The molecule has 0 amide bonds. The van der Waals surface area contributed by atoms with E-state index in [9.17, 15) is 0 Å². The third kappa shape index (κ3) is 1.91. The number of aromatic nitrogens is 3. The van der Waals surface area contributed by atoms with Crippen LogP contribution >= 0.6 is 11.3 Å². The third-order valence-corrected chi connectivity index (χ3v) is 5.59. The topological polar surface area (TPSA) is 42.7 Å². The van der Waals surface area contributed by atoms with Gasteiger partial charge < -0.3 is 9.88 Å². The van der Waals surface area contributed by atoms with Gasteiger partial charge in [-0.05, 0) is 37.3 Å². The summed E-state index contributed by atoms with van der Waals surface area (Å²) in [5, 5.41) is 12.5. The van der Waals surface area contributed by atoms with Gasteiger partial charge in [-0.1, -0.05) is 13.3 Å². The maximum atomic E-state index is 4.50. The van der Waals surface area contributed by atoms with E-state index in [0.29, 0.717) is 6.04 Å². The predicted octanol–water partition coefficient (Wildman–Crippen LogP) is 2.94. The molecule has 2 aromatic rings. The van der Waals surface area contributed by atoms with Crippen LogP contribution in [0.4, 0.5) is 0 Å². The van der Waals surface area contributed by atoms with E-state index in [1.165, 1.54) is 30.6 Å². The van der Waals surface area contributed by atoms with Crippen LogP contribution in [-0.4, -0.2) is 21.3 Å². The van der Waals surface area contributed by atoms with E-state index in [0.717, 1.165) is 31.2 Å². The Morgan fingerprint density at radius 1 is 1.40 bits per heavy atom. The van der Waals surface area contributed by atoms with Crippen LogP contribution < -0.4 is 5.32 Å². The molecule has 106 valence electrons. The van der Waals surface area contributed by atoms with Gasteiger partial charge in [0.05, 0.1) is 10.9 Å². The lowest BCUT2D eigenvalue weighted by molar-refractivity contribution is 0.394. The molecule has 0 bridgehead atoms. The summed E-state index contributed by atoms with van der Waals surface area (Å²) < 4.78 is 2.33. The van der Waals surface area contributed by atoms with Gasteiger partial charge >= 0.3 is 0 Å². The molecule has 20 heavy (non-hydrogen) atoms. The summed E-state index contributed by atoms with van der Waals surface area (Å²) in [7, 11) is 0. The van der Waals surface area contributed by atoms with Crippen LogP contribution in [-0.2, 0) is 19.4 Å². The number of hydrogen-bond donors (Lipinski definition) is 1. The highest BCUT2D eigenvalue weighted by molar-refractivity contribution is 7.15. The van der Waals surface area contributed by atoms with Crippen molar-refractivity contribution in [2.24, 2.45) is 0 Å². The molecule has 0 radical (unpaired) electrons. The number of thiophene rings is 1. The second kappa shape index (κ2) is 4.97. The van der Waals surface area contributed by atoms with E-state index in [2.05, 4.69) is 33.1 Å². The Kier molecular flexibility index (Phi) is 3.11. The van der Waals surface area contributed by atoms with Gasteiger partial charge in [-0.25, -0.2) is 0 Å². The van der Waals surface area contributed by atoms with Crippen molar-refractivity contribution in [3.8, 4) is 10.7 Å². The summed E-state index contributed by atoms with van der Waals surface area (Å²) in [5.74, 6) is 2.21. The summed E-state index contributed by atoms with van der Waals surface area (Å²) in [5.41, 5.74) is 1.54. The zero-order chi connectivity index (χ0) is 13.5. The fourth-order valence-corrected chi connectivity index (χ4v) is 4.62. The Bertz CT molecular complexity index is 606. The molecule has 0 aromatic carbocycles. The zero-order valence-corrected chi connectivity index (χ0v) is 12.7. The summed E-state index contributed by atoms with van der Waals surface area (Å²) in [4.78, 5) is 2.88. The molecule has 1 unspecified atom stereocenters. The summed E-state index contributed by atoms with van der Waals surface area (Å²) in [6.07, 6.45) is 6.13. The van der Waals surface area contributed by atoms with Gasteiger partial charge in [-0.15, -0.1) is 21.5 Å². The normalized spacial score (nSPS) is 20.9. The lowest BCUT2D eigenvalue weighted by Gasteiger charge is -2.24. The highest BCUT2D eigenvalue weighted by Gasteiger charge is 2.26. The highest BCUT2D eigenvalue weighted by Crippen LogP contribution is 2.37. The minimum absolute atomic E-state index is 0.377. The zero-order valence-electron chi connectivity index (χ0n) is 11.9. The quantitative estimate of drug-likeness (QED) is 0.944. The van der Waals surface area contributed by atoms with E-state index in [-0.39, 0.29) is 0 Å². The molecule has 1 N–H and O–H groups in total. The Balaban J connectivity index is 1.72. The number of hydrogen-bond acceptors (Lipinski definition) is 4. The number of aryl methyl sites for hydroxylation is 2. The fourth-order valence-electron chi connectivity index (χ4n) is 3.38. The van der Waals surface area contributed by atoms with Crippen molar-refractivity contribution in [2.45, 2.75) is 51.6 Å². The van der Waals surface area contributed by atoms with Crippen molar-refractivity contribution in [2.75, 3.05) is 6.54 Å². The summed E-state index contributed by atoms with van der Waals surface area (Å²) in [6.45, 7) is 4.23. The van der Waals surface area contributed by atoms with Crippen LogP contribution in [0, 0.1) is 0 Å². The standard InChI is InChI=1S/C15H20N4S/c1-2-4-11-14-17-18-15(19(14)8-7-16-11)13-9-10-5-3-6-12(10)20-13/h9,11,16H,2-8H2,1H3. The second-order valence-corrected chi connectivity index (χ2v) is 6.88. The Morgan fingerprint density at radius 3 is 3.20 bits per heavy atom. The van der Waals surface area contributed by atoms with Crippen molar-refractivity contribution in [1.82, 2.24) is 20.1 Å². The summed E-state index contributed by atoms with van der Waals surface area (Å²) >= 11 is 1.92. The maximum Gasteiger partial charge on any atom is 0.174 e. The van der Waals surface area contributed by atoms with Crippen molar-refractivity contribution < 1.29 is 0 Å². The van der Waals surface area contributed by atoms with E-state index in [1.54, 1.807) is 10.4 Å².